The molecular formula is C26H29FN2OS. The van der Waals surface area contributed by atoms with E-state index in [-0.39, 0.29) is 17.8 Å². The standard InChI is InChI=1S/C26H29FN2OS/c1-28(26(30)25-11-6-16-31-25)24(18-20-7-3-2-4-8-20)22-12-14-29(15-13-22)19-21-9-5-10-23(27)17-21/h2-11,16-17,22,24H,12-15,18-19H2,1H3/t24-/m0/s1. The molecule has 0 aliphatic carbocycles. The van der Waals surface area contributed by atoms with Crippen LogP contribution >= 0.6 is 11.3 Å². The number of likely N-dealkylation sites (tertiary alicyclic amines) is 1. The number of halogens is 1. The van der Waals surface area contributed by atoms with E-state index >= 15 is 0 Å². The van der Waals surface area contributed by atoms with Gasteiger partial charge in [-0.3, -0.25) is 9.69 Å². The fourth-order valence-corrected chi connectivity index (χ4v) is 5.30. The minimum absolute atomic E-state index is 0.109. The minimum atomic E-state index is -0.177. The van der Waals surface area contributed by atoms with Crippen molar-refractivity contribution in [1.82, 2.24) is 9.80 Å². The van der Waals surface area contributed by atoms with Crippen LogP contribution in [0.1, 0.15) is 33.6 Å². The number of hydrogen-bond donors (Lipinski definition) is 0. The van der Waals surface area contributed by atoms with Gasteiger partial charge in [0.15, 0.2) is 0 Å². The molecule has 2 heterocycles. The zero-order valence-electron chi connectivity index (χ0n) is 17.9. The maximum Gasteiger partial charge on any atom is 0.263 e. The van der Waals surface area contributed by atoms with Crippen LogP contribution in [0.4, 0.5) is 4.39 Å². The topological polar surface area (TPSA) is 23.6 Å². The average molecular weight is 437 g/mol. The second kappa shape index (κ2) is 10.2. The van der Waals surface area contributed by atoms with Crippen molar-refractivity contribution in [2.45, 2.75) is 31.8 Å². The first-order chi connectivity index (χ1) is 15.1. The highest BCUT2D eigenvalue weighted by atomic mass is 32.1. The Morgan fingerprint density at radius 3 is 2.48 bits per heavy atom. The van der Waals surface area contributed by atoms with Crippen LogP contribution in [0.2, 0.25) is 0 Å². The Bertz CT molecular complexity index is 968. The summed E-state index contributed by atoms with van der Waals surface area (Å²) in [6.45, 7) is 2.71. The van der Waals surface area contributed by atoms with Gasteiger partial charge in [0.2, 0.25) is 0 Å². The second-order valence-electron chi connectivity index (χ2n) is 8.39. The number of hydrogen-bond acceptors (Lipinski definition) is 3. The van der Waals surface area contributed by atoms with E-state index in [1.807, 2.05) is 41.6 Å². The third kappa shape index (κ3) is 5.60. The summed E-state index contributed by atoms with van der Waals surface area (Å²) in [5.41, 5.74) is 2.28. The number of benzene rings is 2. The van der Waals surface area contributed by atoms with Crippen LogP contribution in [-0.2, 0) is 13.0 Å². The SMILES string of the molecule is CN(C(=O)c1cccs1)[C@@H](Cc1ccccc1)C1CCN(Cc2cccc(F)c2)CC1. The quantitative estimate of drug-likeness (QED) is 0.489. The second-order valence-corrected chi connectivity index (χ2v) is 9.34. The van der Waals surface area contributed by atoms with Crippen molar-refractivity contribution in [3.8, 4) is 0 Å². The fourth-order valence-electron chi connectivity index (χ4n) is 4.59. The zero-order valence-corrected chi connectivity index (χ0v) is 18.7. The molecule has 1 amide bonds. The van der Waals surface area contributed by atoms with Gasteiger partial charge in [-0.1, -0.05) is 48.5 Å². The van der Waals surface area contributed by atoms with Crippen molar-refractivity contribution in [2.24, 2.45) is 5.92 Å². The molecule has 31 heavy (non-hydrogen) atoms. The van der Waals surface area contributed by atoms with Gasteiger partial charge in [-0.15, -0.1) is 11.3 Å². The summed E-state index contributed by atoms with van der Waals surface area (Å²) in [7, 11) is 1.95. The predicted octanol–water partition coefficient (Wildman–Crippen LogP) is 5.48. The first-order valence-electron chi connectivity index (χ1n) is 10.9. The number of thiophene rings is 1. The van der Waals surface area contributed by atoms with Crippen LogP contribution < -0.4 is 0 Å². The lowest BCUT2D eigenvalue weighted by Gasteiger charge is -2.40. The van der Waals surface area contributed by atoms with Crippen molar-refractivity contribution < 1.29 is 9.18 Å². The largest absolute Gasteiger partial charge is 0.337 e. The molecule has 1 aliphatic heterocycles. The lowest BCUT2D eigenvalue weighted by Crippen LogP contribution is -2.47. The lowest BCUT2D eigenvalue weighted by atomic mass is 9.84. The molecule has 2 aromatic carbocycles. The smallest absolute Gasteiger partial charge is 0.263 e. The first kappa shape index (κ1) is 21.7. The Labute approximate surface area is 188 Å². The van der Waals surface area contributed by atoms with Gasteiger partial charge >= 0.3 is 0 Å². The van der Waals surface area contributed by atoms with Crippen LogP contribution in [0.15, 0.2) is 72.1 Å². The molecule has 4 rings (SSSR count). The third-order valence-electron chi connectivity index (χ3n) is 6.31. The van der Waals surface area contributed by atoms with E-state index in [4.69, 9.17) is 0 Å². The van der Waals surface area contributed by atoms with Crippen molar-refractivity contribution in [3.05, 3.63) is 93.9 Å². The van der Waals surface area contributed by atoms with Gasteiger partial charge in [-0.2, -0.15) is 0 Å². The van der Waals surface area contributed by atoms with Gasteiger partial charge in [0.25, 0.3) is 5.91 Å². The zero-order chi connectivity index (χ0) is 21.6. The number of carbonyl (C=O) groups is 1. The lowest BCUT2D eigenvalue weighted by molar-refractivity contribution is 0.0589. The minimum Gasteiger partial charge on any atom is -0.337 e. The van der Waals surface area contributed by atoms with E-state index in [9.17, 15) is 9.18 Å². The molecule has 0 bridgehead atoms. The van der Waals surface area contributed by atoms with Gasteiger partial charge < -0.3 is 4.90 Å². The van der Waals surface area contributed by atoms with E-state index < -0.39 is 0 Å². The number of piperidine rings is 1. The molecule has 0 N–H and O–H groups in total. The number of amides is 1. The molecule has 3 aromatic rings. The molecule has 0 saturated carbocycles. The molecule has 1 fully saturated rings. The van der Waals surface area contributed by atoms with Crippen molar-refractivity contribution in [1.29, 1.82) is 0 Å². The molecule has 162 valence electrons. The van der Waals surface area contributed by atoms with Gasteiger partial charge in [-0.05, 0) is 73.0 Å². The van der Waals surface area contributed by atoms with Crippen LogP contribution in [0, 0.1) is 11.7 Å². The Morgan fingerprint density at radius 2 is 1.81 bits per heavy atom. The van der Waals surface area contributed by atoms with E-state index in [0.29, 0.717) is 5.92 Å². The summed E-state index contributed by atoms with van der Waals surface area (Å²) in [5, 5.41) is 1.96. The average Bonchev–Trinajstić information content (AvgIpc) is 3.33. The van der Waals surface area contributed by atoms with Crippen molar-refractivity contribution in [2.75, 3.05) is 20.1 Å². The highest BCUT2D eigenvalue weighted by Gasteiger charge is 2.32. The van der Waals surface area contributed by atoms with Crippen LogP contribution in [-0.4, -0.2) is 41.9 Å². The summed E-state index contributed by atoms with van der Waals surface area (Å²) in [4.78, 5) is 18.3. The van der Waals surface area contributed by atoms with Crippen LogP contribution in [0.5, 0.6) is 0 Å². The molecule has 0 unspecified atom stereocenters. The highest BCUT2D eigenvalue weighted by Crippen LogP contribution is 2.28. The number of likely N-dealkylation sites (N-methyl/N-ethyl adjacent to an activating group) is 1. The normalized spacial score (nSPS) is 16.2. The van der Waals surface area contributed by atoms with E-state index in [1.165, 1.54) is 23.0 Å². The molecule has 3 nitrogen and oxygen atoms in total. The third-order valence-corrected chi connectivity index (χ3v) is 7.17. The summed E-state index contributed by atoms with van der Waals surface area (Å²) in [6.07, 6.45) is 2.94. The van der Waals surface area contributed by atoms with Gasteiger partial charge in [0.1, 0.15) is 5.82 Å². The Morgan fingerprint density at radius 1 is 1.06 bits per heavy atom. The predicted molar refractivity (Wildman–Crippen MR) is 125 cm³/mol. The molecule has 1 aliphatic rings. The highest BCUT2D eigenvalue weighted by molar-refractivity contribution is 7.12. The number of nitrogens with zero attached hydrogens (tertiary/aromatic N) is 2. The van der Waals surface area contributed by atoms with Crippen molar-refractivity contribution in [3.63, 3.8) is 0 Å². The molecular weight excluding hydrogens is 407 g/mol. The Balaban J connectivity index is 1.44. The van der Waals surface area contributed by atoms with Gasteiger partial charge in [-0.25, -0.2) is 4.39 Å². The summed E-state index contributed by atoms with van der Waals surface area (Å²) in [6, 6.07) is 21.3. The maximum absolute atomic E-state index is 13.5. The molecule has 1 saturated heterocycles. The maximum atomic E-state index is 13.5. The molecule has 5 heteroatoms. The van der Waals surface area contributed by atoms with E-state index in [1.54, 1.807) is 12.1 Å². The fraction of sp³-hybridized carbons (Fsp3) is 0.346. The van der Waals surface area contributed by atoms with E-state index in [0.717, 1.165) is 49.3 Å². The van der Waals surface area contributed by atoms with Crippen molar-refractivity contribution >= 4 is 17.2 Å². The molecule has 1 atom stereocenters. The molecule has 0 radical (unpaired) electrons. The summed E-state index contributed by atoms with van der Waals surface area (Å²) < 4.78 is 13.5. The summed E-state index contributed by atoms with van der Waals surface area (Å²) >= 11 is 1.50. The Kier molecular flexibility index (Phi) is 7.15. The first-order valence-corrected chi connectivity index (χ1v) is 11.8. The van der Waals surface area contributed by atoms with Crippen LogP contribution in [0.3, 0.4) is 0 Å². The number of carbonyl (C=O) groups excluding carboxylic acids is 1. The summed E-state index contributed by atoms with van der Waals surface area (Å²) in [5.74, 6) is 0.375. The van der Waals surface area contributed by atoms with E-state index in [2.05, 4.69) is 29.2 Å². The monoisotopic (exact) mass is 436 g/mol. The molecule has 1 aromatic heterocycles. The Hall–Kier alpha value is -2.50. The number of rotatable bonds is 7. The van der Waals surface area contributed by atoms with Gasteiger partial charge in [0, 0.05) is 19.6 Å². The van der Waals surface area contributed by atoms with Gasteiger partial charge in [0.05, 0.1) is 4.88 Å². The molecule has 0 spiro atoms. The van der Waals surface area contributed by atoms with Crippen LogP contribution in [0.25, 0.3) is 0 Å².